The molecule has 1 aromatic carbocycles. The normalized spacial score (nSPS) is 18.6. The zero-order valence-electron chi connectivity index (χ0n) is 11.1. The summed E-state index contributed by atoms with van der Waals surface area (Å²) < 4.78 is 26.4. The van der Waals surface area contributed by atoms with Crippen LogP contribution in [0, 0.1) is 0 Å². The fourth-order valence-corrected chi connectivity index (χ4v) is 3.56. The molecule has 0 radical (unpaired) electrons. The first-order chi connectivity index (χ1) is 9.04. The summed E-state index contributed by atoms with van der Waals surface area (Å²) in [6.07, 6.45) is 0.550. The van der Waals surface area contributed by atoms with Gasteiger partial charge in [-0.3, -0.25) is 0 Å². The van der Waals surface area contributed by atoms with Gasteiger partial charge in [0.25, 0.3) is 0 Å². The number of sulfonamides is 1. The minimum absolute atomic E-state index is 0.0740. The van der Waals surface area contributed by atoms with Crippen molar-refractivity contribution in [3.63, 3.8) is 0 Å². The molecule has 2 rings (SSSR count). The van der Waals surface area contributed by atoms with Crippen LogP contribution in [0.2, 0.25) is 0 Å². The fourth-order valence-electron chi connectivity index (χ4n) is 2.13. The van der Waals surface area contributed by atoms with Gasteiger partial charge in [-0.2, -0.15) is 4.31 Å². The van der Waals surface area contributed by atoms with E-state index in [9.17, 15) is 8.42 Å². The second kappa shape index (κ2) is 6.00. The molecule has 1 fully saturated rings. The van der Waals surface area contributed by atoms with Crippen molar-refractivity contribution in [2.45, 2.75) is 11.3 Å². The quantitative estimate of drug-likeness (QED) is 0.855. The van der Waals surface area contributed by atoms with Crippen LogP contribution in [-0.2, 0) is 16.4 Å². The molecule has 1 heterocycles. The molecule has 5 nitrogen and oxygen atoms in total. The van der Waals surface area contributed by atoms with E-state index in [1.807, 2.05) is 7.05 Å². The van der Waals surface area contributed by atoms with Crippen LogP contribution in [0.4, 0.5) is 0 Å². The van der Waals surface area contributed by atoms with Crippen molar-refractivity contribution in [3.05, 3.63) is 29.8 Å². The second-order valence-electron chi connectivity index (χ2n) is 4.82. The Bertz CT molecular complexity index is 505. The third-order valence-electron chi connectivity index (χ3n) is 3.42. The predicted octanol–water partition coefficient (Wildman–Crippen LogP) is 0.157. The topological polar surface area (TPSA) is 60.9 Å². The Morgan fingerprint density at radius 3 is 2.21 bits per heavy atom. The largest absolute Gasteiger partial charge is 0.396 e. The predicted molar refractivity (Wildman–Crippen MR) is 73.5 cm³/mol. The van der Waals surface area contributed by atoms with E-state index in [4.69, 9.17) is 5.11 Å². The highest BCUT2D eigenvalue weighted by atomic mass is 32.2. The third-order valence-corrected chi connectivity index (χ3v) is 5.34. The zero-order valence-corrected chi connectivity index (χ0v) is 11.9. The summed E-state index contributed by atoms with van der Waals surface area (Å²) in [5.74, 6) is 0. The van der Waals surface area contributed by atoms with Crippen molar-refractivity contribution in [2.75, 3.05) is 39.8 Å². The number of hydrogen-bond acceptors (Lipinski definition) is 4. The molecule has 1 aliphatic heterocycles. The molecule has 0 unspecified atom stereocenters. The number of hydrogen-bond donors (Lipinski definition) is 1. The summed E-state index contributed by atoms with van der Waals surface area (Å²) in [5, 5.41) is 8.85. The maximum atomic E-state index is 12.4. The lowest BCUT2D eigenvalue weighted by molar-refractivity contribution is 0.222. The molecule has 0 saturated carbocycles. The molecule has 1 N–H and O–H groups in total. The van der Waals surface area contributed by atoms with Crippen molar-refractivity contribution in [1.82, 2.24) is 9.21 Å². The van der Waals surface area contributed by atoms with Gasteiger partial charge in [0.05, 0.1) is 4.90 Å². The average Bonchev–Trinajstić information content (AvgIpc) is 2.40. The Hall–Kier alpha value is -0.950. The summed E-state index contributed by atoms with van der Waals surface area (Å²) in [4.78, 5) is 2.45. The number of aliphatic hydroxyl groups is 1. The third kappa shape index (κ3) is 3.33. The summed E-state index contributed by atoms with van der Waals surface area (Å²) in [6.45, 7) is 2.68. The molecule has 1 aromatic rings. The Morgan fingerprint density at radius 1 is 1.11 bits per heavy atom. The fraction of sp³-hybridized carbons (Fsp3) is 0.538. The van der Waals surface area contributed by atoms with Crippen LogP contribution in [0.1, 0.15) is 5.56 Å². The molecule has 1 saturated heterocycles. The monoisotopic (exact) mass is 284 g/mol. The van der Waals surface area contributed by atoms with Gasteiger partial charge in [0.2, 0.25) is 10.0 Å². The van der Waals surface area contributed by atoms with Crippen molar-refractivity contribution in [3.8, 4) is 0 Å². The lowest BCUT2D eigenvalue weighted by atomic mass is 10.2. The minimum Gasteiger partial charge on any atom is -0.396 e. The number of benzene rings is 1. The summed E-state index contributed by atoms with van der Waals surface area (Å²) in [6, 6.07) is 6.77. The Kier molecular flexibility index (Phi) is 4.57. The maximum Gasteiger partial charge on any atom is 0.243 e. The van der Waals surface area contributed by atoms with Crippen LogP contribution in [-0.4, -0.2) is 62.6 Å². The van der Waals surface area contributed by atoms with Crippen LogP contribution >= 0.6 is 0 Å². The number of likely N-dealkylation sites (N-methyl/N-ethyl adjacent to an activating group) is 1. The minimum atomic E-state index is -3.37. The molecular weight excluding hydrogens is 264 g/mol. The van der Waals surface area contributed by atoms with E-state index in [0.717, 1.165) is 18.7 Å². The SMILES string of the molecule is CN1CCN(S(=O)(=O)c2ccc(CCO)cc2)CC1. The molecule has 0 atom stereocenters. The van der Waals surface area contributed by atoms with E-state index in [0.29, 0.717) is 24.4 Å². The highest BCUT2D eigenvalue weighted by molar-refractivity contribution is 7.89. The number of aliphatic hydroxyl groups excluding tert-OH is 1. The van der Waals surface area contributed by atoms with Gasteiger partial charge < -0.3 is 10.0 Å². The first-order valence-electron chi connectivity index (χ1n) is 6.42. The summed E-state index contributed by atoms with van der Waals surface area (Å²) >= 11 is 0. The van der Waals surface area contributed by atoms with Crippen LogP contribution < -0.4 is 0 Å². The van der Waals surface area contributed by atoms with E-state index in [1.165, 1.54) is 4.31 Å². The van der Waals surface area contributed by atoms with Gasteiger partial charge in [-0.1, -0.05) is 12.1 Å². The van der Waals surface area contributed by atoms with E-state index < -0.39 is 10.0 Å². The van der Waals surface area contributed by atoms with Gasteiger partial charge in [0, 0.05) is 32.8 Å². The van der Waals surface area contributed by atoms with E-state index in [1.54, 1.807) is 24.3 Å². The first kappa shape index (κ1) is 14.5. The van der Waals surface area contributed by atoms with Crippen LogP contribution in [0.3, 0.4) is 0 Å². The van der Waals surface area contributed by atoms with E-state index in [2.05, 4.69) is 4.90 Å². The van der Waals surface area contributed by atoms with Gasteiger partial charge in [-0.15, -0.1) is 0 Å². The highest BCUT2D eigenvalue weighted by Gasteiger charge is 2.27. The molecule has 106 valence electrons. The maximum absolute atomic E-state index is 12.4. The summed E-state index contributed by atoms with van der Waals surface area (Å²) in [5.41, 5.74) is 0.944. The van der Waals surface area contributed by atoms with Crippen molar-refractivity contribution < 1.29 is 13.5 Å². The molecule has 0 spiro atoms. The molecule has 0 amide bonds. The smallest absolute Gasteiger partial charge is 0.243 e. The Balaban J connectivity index is 2.15. The van der Waals surface area contributed by atoms with E-state index in [-0.39, 0.29) is 6.61 Å². The second-order valence-corrected chi connectivity index (χ2v) is 6.76. The van der Waals surface area contributed by atoms with Crippen LogP contribution in [0.25, 0.3) is 0 Å². The van der Waals surface area contributed by atoms with Crippen molar-refractivity contribution in [2.24, 2.45) is 0 Å². The Morgan fingerprint density at radius 2 is 1.68 bits per heavy atom. The molecule has 1 aliphatic rings. The van der Waals surface area contributed by atoms with Crippen LogP contribution in [0.5, 0.6) is 0 Å². The number of piperazine rings is 1. The number of rotatable bonds is 4. The Labute approximate surface area is 114 Å². The molecule has 0 aromatic heterocycles. The first-order valence-corrected chi connectivity index (χ1v) is 7.86. The lowest BCUT2D eigenvalue weighted by Gasteiger charge is -2.31. The van der Waals surface area contributed by atoms with Crippen molar-refractivity contribution in [1.29, 1.82) is 0 Å². The zero-order chi connectivity index (χ0) is 13.9. The van der Waals surface area contributed by atoms with Gasteiger partial charge in [0.15, 0.2) is 0 Å². The van der Waals surface area contributed by atoms with Gasteiger partial charge in [-0.25, -0.2) is 8.42 Å². The molecule has 6 heteroatoms. The molecule has 19 heavy (non-hydrogen) atoms. The average molecular weight is 284 g/mol. The van der Waals surface area contributed by atoms with E-state index >= 15 is 0 Å². The number of nitrogens with zero attached hydrogens (tertiary/aromatic N) is 2. The molecule has 0 aliphatic carbocycles. The molecule has 0 bridgehead atoms. The van der Waals surface area contributed by atoms with Crippen molar-refractivity contribution >= 4 is 10.0 Å². The summed E-state index contributed by atoms with van der Waals surface area (Å²) in [7, 11) is -1.38. The van der Waals surface area contributed by atoms with Gasteiger partial charge in [0.1, 0.15) is 0 Å². The van der Waals surface area contributed by atoms with Gasteiger partial charge in [-0.05, 0) is 31.2 Å². The lowest BCUT2D eigenvalue weighted by Crippen LogP contribution is -2.46. The highest BCUT2D eigenvalue weighted by Crippen LogP contribution is 2.18. The standard InChI is InChI=1S/C13H20N2O3S/c1-14-7-9-15(10-8-14)19(17,18)13-4-2-12(3-5-13)6-11-16/h2-5,16H,6-11H2,1H3. The van der Waals surface area contributed by atoms with Crippen LogP contribution in [0.15, 0.2) is 29.2 Å². The van der Waals surface area contributed by atoms with Gasteiger partial charge >= 0.3 is 0 Å². The molecular formula is C13H20N2O3S.